The van der Waals surface area contributed by atoms with Crippen LogP contribution in [0.25, 0.3) is 0 Å². The molecule has 1 heterocycles. The summed E-state index contributed by atoms with van der Waals surface area (Å²) in [6.45, 7) is 0.401. The summed E-state index contributed by atoms with van der Waals surface area (Å²) in [5.74, 6) is 0.0411. The minimum Gasteiger partial charge on any atom is -0.480 e. The van der Waals surface area contributed by atoms with Gasteiger partial charge in [0.25, 0.3) is 0 Å². The van der Waals surface area contributed by atoms with Gasteiger partial charge < -0.3 is 20.1 Å². The van der Waals surface area contributed by atoms with Crippen LogP contribution in [0.15, 0.2) is 48.5 Å². The van der Waals surface area contributed by atoms with Gasteiger partial charge in [-0.15, -0.1) is 0 Å². The molecule has 0 bridgehead atoms. The van der Waals surface area contributed by atoms with Gasteiger partial charge in [-0.2, -0.15) is 0 Å². The summed E-state index contributed by atoms with van der Waals surface area (Å²) < 4.78 is 5.79. The van der Waals surface area contributed by atoms with E-state index in [-0.39, 0.29) is 0 Å². The Hall–Kier alpha value is -2.73. The Bertz CT molecular complexity index is 782. The predicted octanol–water partition coefficient (Wildman–Crippen LogP) is 4.21. The molecular formula is C18H17ClN2O4. The molecule has 2 amide bonds. The first-order valence-electron chi connectivity index (χ1n) is 7.87. The first kappa shape index (κ1) is 17.1. The van der Waals surface area contributed by atoms with Gasteiger partial charge in [0, 0.05) is 11.6 Å². The van der Waals surface area contributed by atoms with Crippen molar-refractivity contribution in [1.82, 2.24) is 4.90 Å². The second-order valence-corrected chi connectivity index (χ2v) is 6.11. The zero-order valence-corrected chi connectivity index (χ0v) is 14.1. The highest BCUT2D eigenvalue weighted by atomic mass is 35.5. The smallest absolute Gasteiger partial charge is 0.326 e. The van der Waals surface area contributed by atoms with Crippen LogP contribution in [0.5, 0.6) is 11.5 Å². The number of ether oxygens (including phenoxy) is 1. The van der Waals surface area contributed by atoms with Gasteiger partial charge in [0.1, 0.15) is 11.8 Å². The number of carbonyl (C=O) groups is 2. The van der Waals surface area contributed by atoms with Gasteiger partial charge in [-0.1, -0.05) is 29.8 Å². The molecule has 1 aliphatic heterocycles. The van der Waals surface area contributed by atoms with E-state index in [2.05, 4.69) is 5.32 Å². The third-order valence-electron chi connectivity index (χ3n) is 3.95. The molecule has 1 unspecified atom stereocenters. The molecule has 25 heavy (non-hydrogen) atoms. The number of hydrogen-bond donors (Lipinski definition) is 2. The zero-order valence-electron chi connectivity index (χ0n) is 13.3. The Kier molecular flexibility index (Phi) is 5.09. The average molecular weight is 361 g/mol. The van der Waals surface area contributed by atoms with E-state index in [1.807, 2.05) is 18.2 Å². The lowest BCUT2D eigenvalue weighted by molar-refractivity contribution is -0.141. The van der Waals surface area contributed by atoms with Gasteiger partial charge in [-0.25, -0.2) is 9.59 Å². The summed E-state index contributed by atoms with van der Waals surface area (Å²) in [6.07, 6.45) is 1.11. The highest BCUT2D eigenvalue weighted by Crippen LogP contribution is 2.32. The summed E-state index contributed by atoms with van der Waals surface area (Å²) in [5, 5.41) is 12.4. The van der Waals surface area contributed by atoms with Crippen LogP contribution < -0.4 is 10.1 Å². The van der Waals surface area contributed by atoms with Gasteiger partial charge >= 0.3 is 12.0 Å². The molecule has 3 rings (SSSR count). The molecule has 0 saturated carbocycles. The maximum absolute atomic E-state index is 12.5. The summed E-state index contributed by atoms with van der Waals surface area (Å²) in [5.41, 5.74) is 0.386. The standard InChI is InChI=1S/C18H17ClN2O4/c19-12-8-9-16(25-13-5-2-1-3-6-13)14(11-12)20-18(24)21-10-4-7-15(21)17(22)23/h1-3,5-6,8-9,11,15H,4,7,10H2,(H,20,24)(H,22,23). The fourth-order valence-electron chi connectivity index (χ4n) is 2.76. The first-order chi connectivity index (χ1) is 12.0. The number of carboxylic acid groups (broad SMARTS) is 1. The molecule has 6 nitrogen and oxygen atoms in total. The topological polar surface area (TPSA) is 78.9 Å². The molecule has 1 atom stereocenters. The van der Waals surface area contributed by atoms with E-state index in [1.165, 1.54) is 4.90 Å². The molecule has 0 aliphatic carbocycles. The number of likely N-dealkylation sites (tertiary alicyclic amines) is 1. The van der Waals surface area contributed by atoms with Crippen LogP contribution in [0.1, 0.15) is 12.8 Å². The highest BCUT2D eigenvalue weighted by molar-refractivity contribution is 6.31. The highest BCUT2D eigenvalue weighted by Gasteiger charge is 2.34. The molecule has 0 aromatic heterocycles. The number of para-hydroxylation sites is 1. The first-order valence-corrected chi connectivity index (χ1v) is 8.25. The van der Waals surface area contributed by atoms with Crippen LogP contribution in [0, 0.1) is 0 Å². The molecule has 2 aromatic rings. The normalized spacial score (nSPS) is 16.5. The fourth-order valence-corrected chi connectivity index (χ4v) is 2.93. The second kappa shape index (κ2) is 7.44. The van der Waals surface area contributed by atoms with Gasteiger partial charge in [0.15, 0.2) is 5.75 Å². The Morgan fingerprint density at radius 2 is 1.96 bits per heavy atom. The van der Waals surface area contributed by atoms with E-state index in [0.717, 1.165) is 0 Å². The van der Waals surface area contributed by atoms with E-state index in [1.54, 1.807) is 30.3 Å². The fraction of sp³-hybridized carbons (Fsp3) is 0.222. The predicted molar refractivity (Wildman–Crippen MR) is 94.4 cm³/mol. The van der Waals surface area contributed by atoms with Crippen LogP contribution in [-0.4, -0.2) is 34.6 Å². The second-order valence-electron chi connectivity index (χ2n) is 5.68. The van der Waals surface area contributed by atoms with Crippen LogP contribution in [0.2, 0.25) is 5.02 Å². The summed E-state index contributed by atoms with van der Waals surface area (Å²) in [4.78, 5) is 25.1. The number of halogens is 1. The SMILES string of the molecule is O=C(O)C1CCCN1C(=O)Nc1cc(Cl)ccc1Oc1ccccc1. The van der Waals surface area contributed by atoms with Crippen molar-refractivity contribution in [2.75, 3.05) is 11.9 Å². The van der Waals surface area contributed by atoms with E-state index in [0.29, 0.717) is 41.6 Å². The van der Waals surface area contributed by atoms with Gasteiger partial charge in [0.05, 0.1) is 5.69 Å². The number of rotatable bonds is 4. The minimum absolute atomic E-state index is 0.386. The molecule has 2 aromatic carbocycles. The van der Waals surface area contributed by atoms with Gasteiger partial charge in [-0.3, -0.25) is 0 Å². The Balaban J connectivity index is 1.80. The molecule has 2 N–H and O–H groups in total. The molecule has 1 saturated heterocycles. The number of urea groups is 1. The maximum Gasteiger partial charge on any atom is 0.326 e. The lowest BCUT2D eigenvalue weighted by atomic mass is 10.2. The van der Waals surface area contributed by atoms with E-state index in [9.17, 15) is 14.7 Å². The Labute approximate surface area is 150 Å². The van der Waals surface area contributed by atoms with Crippen molar-refractivity contribution in [2.24, 2.45) is 0 Å². The number of nitrogens with zero attached hydrogens (tertiary/aromatic N) is 1. The van der Waals surface area contributed by atoms with Crippen molar-refractivity contribution >= 4 is 29.3 Å². The number of carboxylic acids is 1. The number of nitrogens with one attached hydrogen (secondary N) is 1. The zero-order chi connectivity index (χ0) is 17.8. The van der Waals surface area contributed by atoms with Crippen molar-refractivity contribution in [2.45, 2.75) is 18.9 Å². The van der Waals surface area contributed by atoms with Crippen LogP contribution in [0.4, 0.5) is 10.5 Å². The third kappa shape index (κ3) is 4.03. The lowest BCUT2D eigenvalue weighted by Gasteiger charge is -2.22. The van der Waals surface area contributed by atoms with Gasteiger partial charge in [0.2, 0.25) is 0 Å². The number of amides is 2. The number of anilines is 1. The largest absolute Gasteiger partial charge is 0.480 e. The van der Waals surface area contributed by atoms with Crippen LogP contribution >= 0.6 is 11.6 Å². The maximum atomic E-state index is 12.5. The van der Waals surface area contributed by atoms with E-state index < -0.39 is 18.0 Å². The quantitative estimate of drug-likeness (QED) is 0.855. The third-order valence-corrected chi connectivity index (χ3v) is 4.19. The molecular weight excluding hydrogens is 344 g/mol. The van der Waals surface area contributed by atoms with Crippen molar-refractivity contribution in [3.8, 4) is 11.5 Å². The summed E-state index contributed by atoms with van der Waals surface area (Å²) in [6, 6.07) is 12.7. The van der Waals surface area contributed by atoms with Crippen molar-refractivity contribution in [1.29, 1.82) is 0 Å². The van der Waals surface area contributed by atoms with Crippen LogP contribution in [0.3, 0.4) is 0 Å². The van der Waals surface area contributed by atoms with Crippen LogP contribution in [-0.2, 0) is 4.79 Å². The number of hydrogen-bond acceptors (Lipinski definition) is 3. The van der Waals surface area contributed by atoms with Gasteiger partial charge in [-0.05, 0) is 43.2 Å². The molecule has 130 valence electrons. The molecule has 1 aliphatic rings. The average Bonchev–Trinajstić information content (AvgIpc) is 3.08. The van der Waals surface area contributed by atoms with Crippen molar-refractivity contribution in [3.05, 3.63) is 53.6 Å². The Morgan fingerprint density at radius 1 is 1.20 bits per heavy atom. The Morgan fingerprint density at radius 3 is 2.68 bits per heavy atom. The summed E-state index contributed by atoms with van der Waals surface area (Å²) >= 11 is 6.03. The molecule has 1 fully saturated rings. The summed E-state index contributed by atoms with van der Waals surface area (Å²) in [7, 11) is 0. The molecule has 7 heteroatoms. The minimum atomic E-state index is -1.00. The number of benzene rings is 2. The molecule has 0 spiro atoms. The van der Waals surface area contributed by atoms with E-state index >= 15 is 0 Å². The lowest BCUT2D eigenvalue weighted by Crippen LogP contribution is -2.42. The molecule has 0 radical (unpaired) electrons. The van der Waals surface area contributed by atoms with Crippen molar-refractivity contribution in [3.63, 3.8) is 0 Å². The van der Waals surface area contributed by atoms with Crippen molar-refractivity contribution < 1.29 is 19.4 Å². The monoisotopic (exact) mass is 360 g/mol. The number of aliphatic carboxylic acids is 1. The van der Waals surface area contributed by atoms with E-state index in [4.69, 9.17) is 16.3 Å². The number of carbonyl (C=O) groups excluding carboxylic acids is 1.